The number of hydrogen-bond acceptors (Lipinski definition) is 7. The monoisotopic (exact) mass is 565 g/mol. The number of carbonyl (C=O) groups is 1. The highest BCUT2D eigenvalue weighted by atomic mass is 32.2. The first kappa shape index (κ1) is 27.4. The predicted molar refractivity (Wildman–Crippen MR) is 140 cm³/mol. The molecule has 3 heterocycles. The molecule has 5 rings (SSSR count). The zero-order valence-electron chi connectivity index (χ0n) is 21.2. The number of benzene rings is 2. The highest BCUT2D eigenvalue weighted by molar-refractivity contribution is 7.99. The molecule has 1 saturated heterocycles. The van der Waals surface area contributed by atoms with Gasteiger partial charge < -0.3 is 20.7 Å². The van der Waals surface area contributed by atoms with Gasteiger partial charge in [-0.15, -0.1) is 11.8 Å². The number of nitrogens with zero attached hydrogens (tertiary/aromatic N) is 3. The number of alkyl halides is 3. The van der Waals surface area contributed by atoms with Crippen molar-refractivity contribution in [2.75, 3.05) is 30.3 Å². The van der Waals surface area contributed by atoms with E-state index in [1.807, 2.05) is 18.7 Å². The second kappa shape index (κ2) is 10.4. The van der Waals surface area contributed by atoms with Gasteiger partial charge in [0.2, 0.25) is 5.91 Å². The first-order valence-electron chi connectivity index (χ1n) is 12.4. The standard InChI is InChI=1S/C26H27F4N5O3S/c1-13-8-34(9-14(2)32-13)24-18-7-19(26(28,29)30)21(15-3-5-16(27)6-4-15)23-22(18)35(25(37)33-24)10-17(12-39-23)38-11-20(31)36/h3-7,13-14,17,32H,8-12H2,1-2H3,(H2,31,36)/t13-,14+,17-/m0/s1. The summed E-state index contributed by atoms with van der Waals surface area (Å²) in [6.07, 6.45) is -5.45. The van der Waals surface area contributed by atoms with E-state index in [0.29, 0.717) is 18.6 Å². The summed E-state index contributed by atoms with van der Waals surface area (Å²) in [5.41, 5.74) is 3.98. The second-order valence-electron chi connectivity index (χ2n) is 9.94. The number of piperazine rings is 1. The Morgan fingerprint density at radius 2 is 1.85 bits per heavy atom. The van der Waals surface area contributed by atoms with Gasteiger partial charge in [0.05, 0.1) is 23.7 Å². The smallest absolute Gasteiger partial charge is 0.368 e. The van der Waals surface area contributed by atoms with Gasteiger partial charge in [0.25, 0.3) is 0 Å². The number of carbonyl (C=O) groups excluding carboxylic acids is 1. The number of primary amides is 1. The third kappa shape index (κ3) is 5.48. The first-order chi connectivity index (χ1) is 18.4. The Hall–Kier alpha value is -3.16. The third-order valence-corrected chi connectivity index (χ3v) is 7.98. The first-order valence-corrected chi connectivity index (χ1v) is 13.4. The normalized spacial score (nSPS) is 21.7. The Bertz CT molecular complexity index is 1470. The van der Waals surface area contributed by atoms with E-state index in [1.54, 1.807) is 0 Å². The number of aromatic nitrogens is 2. The van der Waals surface area contributed by atoms with E-state index < -0.39 is 41.9 Å². The summed E-state index contributed by atoms with van der Waals surface area (Å²) in [5.74, 6) is -0.963. The van der Waals surface area contributed by atoms with Crippen molar-refractivity contribution >= 4 is 34.4 Å². The topological polar surface area (TPSA) is 102 Å². The summed E-state index contributed by atoms with van der Waals surface area (Å²) in [6, 6.07) is 5.85. The van der Waals surface area contributed by atoms with Crippen molar-refractivity contribution in [1.82, 2.24) is 14.9 Å². The van der Waals surface area contributed by atoms with Gasteiger partial charge >= 0.3 is 11.9 Å². The summed E-state index contributed by atoms with van der Waals surface area (Å²) in [5, 5.41) is 3.56. The molecule has 1 amide bonds. The maximum Gasteiger partial charge on any atom is 0.417 e. The second-order valence-corrected chi connectivity index (χ2v) is 11.0. The number of halogens is 4. The molecule has 1 aromatic heterocycles. The summed E-state index contributed by atoms with van der Waals surface area (Å²) in [7, 11) is 0. The van der Waals surface area contributed by atoms with E-state index in [1.165, 1.54) is 16.7 Å². The highest BCUT2D eigenvalue weighted by Gasteiger charge is 2.39. The van der Waals surface area contributed by atoms with Crippen LogP contribution in [0.5, 0.6) is 0 Å². The fraction of sp³-hybridized carbons (Fsp3) is 0.423. The summed E-state index contributed by atoms with van der Waals surface area (Å²) in [4.78, 5) is 31.1. The molecule has 3 aromatic rings. The van der Waals surface area contributed by atoms with Crippen molar-refractivity contribution in [3.8, 4) is 11.1 Å². The van der Waals surface area contributed by atoms with Crippen molar-refractivity contribution in [1.29, 1.82) is 0 Å². The third-order valence-electron chi connectivity index (χ3n) is 6.75. The van der Waals surface area contributed by atoms with E-state index in [2.05, 4.69) is 10.3 Å². The molecule has 0 spiro atoms. The van der Waals surface area contributed by atoms with Crippen LogP contribution in [0.15, 0.2) is 40.0 Å². The number of amides is 1. The van der Waals surface area contributed by atoms with Crippen molar-refractivity contribution < 1.29 is 27.1 Å². The van der Waals surface area contributed by atoms with Gasteiger partial charge in [0.15, 0.2) is 0 Å². The Balaban J connectivity index is 1.82. The largest absolute Gasteiger partial charge is 0.417 e. The molecular weight excluding hydrogens is 538 g/mol. The van der Waals surface area contributed by atoms with Gasteiger partial charge in [-0.25, -0.2) is 9.18 Å². The van der Waals surface area contributed by atoms with Crippen molar-refractivity contribution in [3.05, 3.63) is 52.2 Å². The molecule has 1 fully saturated rings. The predicted octanol–water partition coefficient (Wildman–Crippen LogP) is 3.38. The molecule has 0 bridgehead atoms. The Labute approximate surface area is 225 Å². The zero-order chi connectivity index (χ0) is 28.1. The quantitative estimate of drug-likeness (QED) is 0.458. The van der Waals surface area contributed by atoms with Gasteiger partial charge in [-0.05, 0) is 37.6 Å². The number of hydrogen-bond donors (Lipinski definition) is 2. The fourth-order valence-electron chi connectivity index (χ4n) is 5.30. The summed E-state index contributed by atoms with van der Waals surface area (Å²) in [6.45, 7) is 4.37. The van der Waals surface area contributed by atoms with Crippen molar-refractivity contribution in [3.63, 3.8) is 0 Å². The lowest BCUT2D eigenvalue weighted by molar-refractivity contribution is -0.137. The SMILES string of the molecule is C[C@@H]1CN(c2nc(=O)n3c4c(c(-c5ccc(F)cc5)c(C(F)(F)F)cc24)SC[C@@H](OCC(N)=O)C3)C[C@H](C)N1. The van der Waals surface area contributed by atoms with Gasteiger partial charge in [0, 0.05) is 46.8 Å². The van der Waals surface area contributed by atoms with Crippen LogP contribution in [0.4, 0.5) is 23.4 Å². The molecule has 0 saturated carbocycles. The number of nitrogens with one attached hydrogen (secondary N) is 1. The molecule has 0 unspecified atom stereocenters. The van der Waals surface area contributed by atoms with Crippen LogP contribution in [0, 0.1) is 5.82 Å². The Morgan fingerprint density at radius 1 is 1.18 bits per heavy atom. The number of anilines is 1. The van der Waals surface area contributed by atoms with E-state index in [0.717, 1.165) is 30.0 Å². The molecule has 2 aromatic carbocycles. The molecule has 3 atom stereocenters. The van der Waals surface area contributed by atoms with E-state index in [-0.39, 0.29) is 51.6 Å². The lowest BCUT2D eigenvalue weighted by atomic mass is 9.96. The fourth-order valence-corrected chi connectivity index (χ4v) is 6.59. The molecular formula is C26H27F4N5O3S. The minimum Gasteiger partial charge on any atom is -0.368 e. The molecule has 39 heavy (non-hydrogen) atoms. The van der Waals surface area contributed by atoms with Gasteiger partial charge in [-0.3, -0.25) is 9.36 Å². The maximum atomic E-state index is 14.7. The summed E-state index contributed by atoms with van der Waals surface area (Å²) >= 11 is 1.09. The van der Waals surface area contributed by atoms with Crippen LogP contribution < -0.4 is 21.6 Å². The Morgan fingerprint density at radius 3 is 2.46 bits per heavy atom. The van der Waals surface area contributed by atoms with Crippen LogP contribution >= 0.6 is 11.8 Å². The van der Waals surface area contributed by atoms with Crippen LogP contribution in [-0.4, -0.2) is 59.1 Å². The lowest BCUT2D eigenvalue weighted by Crippen LogP contribution is -2.55. The molecule has 2 aliphatic rings. The summed E-state index contributed by atoms with van der Waals surface area (Å²) < 4.78 is 64.7. The molecule has 8 nitrogen and oxygen atoms in total. The van der Waals surface area contributed by atoms with E-state index >= 15 is 0 Å². The van der Waals surface area contributed by atoms with Gasteiger partial charge in [-0.1, -0.05) is 12.1 Å². The number of nitrogens with two attached hydrogens (primary N) is 1. The van der Waals surface area contributed by atoms with Crippen LogP contribution in [-0.2, 0) is 22.3 Å². The van der Waals surface area contributed by atoms with Crippen molar-refractivity contribution in [2.45, 2.75) is 49.7 Å². The van der Waals surface area contributed by atoms with Gasteiger partial charge in [-0.2, -0.15) is 18.2 Å². The molecule has 0 radical (unpaired) electrons. The molecule has 3 N–H and O–H groups in total. The molecule has 0 aliphatic carbocycles. The number of ether oxygens (including phenoxy) is 1. The minimum atomic E-state index is -4.76. The Kier molecular flexibility index (Phi) is 7.33. The van der Waals surface area contributed by atoms with Gasteiger partial charge in [0.1, 0.15) is 18.2 Å². The van der Waals surface area contributed by atoms with Crippen LogP contribution in [0.3, 0.4) is 0 Å². The maximum absolute atomic E-state index is 14.7. The molecule has 13 heteroatoms. The minimum absolute atomic E-state index is 0.0183. The average Bonchev–Trinajstić information content (AvgIpc) is 3.05. The van der Waals surface area contributed by atoms with Crippen LogP contribution in [0.25, 0.3) is 22.0 Å². The average molecular weight is 566 g/mol. The molecule has 2 aliphatic heterocycles. The van der Waals surface area contributed by atoms with Crippen LogP contribution in [0.1, 0.15) is 19.4 Å². The van der Waals surface area contributed by atoms with Crippen LogP contribution in [0.2, 0.25) is 0 Å². The number of thioether (sulfide) groups is 1. The number of rotatable bonds is 5. The lowest BCUT2D eigenvalue weighted by Gasteiger charge is -2.37. The van der Waals surface area contributed by atoms with E-state index in [9.17, 15) is 27.2 Å². The molecule has 208 valence electrons. The van der Waals surface area contributed by atoms with Crippen molar-refractivity contribution in [2.24, 2.45) is 5.73 Å². The van der Waals surface area contributed by atoms with E-state index in [4.69, 9.17) is 10.5 Å². The highest BCUT2D eigenvalue weighted by Crippen LogP contribution is 2.48. The zero-order valence-corrected chi connectivity index (χ0v) is 22.0.